The third kappa shape index (κ3) is 3.22. The highest BCUT2D eigenvalue weighted by Gasteiger charge is 2.22. The zero-order valence-electron chi connectivity index (χ0n) is 13.3. The van der Waals surface area contributed by atoms with Gasteiger partial charge in [0, 0.05) is 32.3 Å². The summed E-state index contributed by atoms with van der Waals surface area (Å²) >= 11 is 0. The van der Waals surface area contributed by atoms with Gasteiger partial charge in [-0.25, -0.2) is 0 Å². The van der Waals surface area contributed by atoms with Gasteiger partial charge in [-0.3, -0.25) is 9.48 Å². The standard InChI is InChI=1S/C16H27N3O/c1-12-15(13(2)19(4)17-12)10-11-16(20)18(3)14-8-6-5-7-9-14/h14H,5-11H2,1-4H3. The lowest BCUT2D eigenvalue weighted by Crippen LogP contribution is -2.38. The number of carbonyl (C=O) groups is 1. The van der Waals surface area contributed by atoms with Gasteiger partial charge in [-0.05, 0) is 38.7 Å². The van der Waals surface area contributed by atoms with E-state index in [1.165, 1.54) is 43.4 Å². The quantitative estimate of drug-likeness (QED) is 0.848. The number of aromatic nitrogens is 2. The van der Waals surface area contributed by atoms with Crippen molar-refractivity contribution >= 4 is 5.91 Å². The highest BCUT2D eigenvalue weighted by molar-refractivity contribution is 5.76. The van der Waals surface area contributed by atoms with Crippen molar-refractivity contribution in [1.82, 2.24) is 14.7 Å². The van der Waals surface area contributed by atoms with Crippen molar-refractivity contribution in [3.05, 3.63) is 17.0 Å². The van der Waals surface area contributed by atoms with Gasteiger partial charge in [0.05, 0.1) is 5.69 Å². The second kappa shape index (κ2) is 6.42. The molecule has 0 unspecified atom stereocenters. The van der Waals surface area contributed by atoms with Gasteiger partial charge in [0.1, 0.15) is 0 Å². The van der Waals surface area contributed by atoms with Crippen LogP contribution >= 0.6 is 0 Å². The van der Waals surface area contributed by atoms with Crippen molar-refractivity contribution in [1.29, 1.82) is 0 Å². The second-order valence-electron chi connectivity index (χ2n) is 6.07. The van der Waals surface area contributed by atoms with Crippen LogP contribution in [0, 0.1) is 13.8 Å². The minimum atomic E-state index is 0.277. The first-order chi connectivity index (χ1) is 9.50. The minimum Gasteiger partial charge on any atom is -0.343 e. The molecule has 4 nitrogen and oxygen atoms in total. The summed E-state index contributed by atoms with van der Waals surface area (Å²) in [4.78, 5) is 14.3. The second-order valence-corrected chi connectivity index (χ2v) is 6.07. The van der Waals surface area contributed by atoms with E-state index in [0.717, 1.165) is 12.1 Å². The fourth-order valence-corrected chi connectivity index (χ4v) is 3.26. The van der Waals surface area contributed by atoms with Crippen molar-refractivity contribution < 1.29 is 4.79 Å². The maximum Gasteiger partial charge on any atom is 0.222 e. The van der Waals surface area contributed by atoms with Crippen molar-refractivity contribution in [2.75, 3.05) is 7.05 Å². The molecule has 1 saturated carbocycles. The zero-order valence-corrected chi connectivity index (χ0v) is 13.3. The molecule has 1 amide bonds. The Morgan fingerprint density at radius 2 is 1.95 bits per heavy atom. The number of amides is 1. The summed E-state index contributed by atoms with van der Waals surface area (Å²) in [6.07, 6.45) is 7.61. The normalized spacial score (nSPS) is 16.4. The van der Waals surface area contributed by atoms with Gasteiger partial charge < -0.3 is 4.90 Å². The first-order valence-corrected chi connectivity index (χ1v) is 7.75. The van der Waals surface area contributed by atoms with Crippen molar-refractivity contribution in [2.24, 2.45) is 7.05 Å². The molecule has 0 spiro atoms. The van der Waals surface area contributed by atoms with Gasteiger partial charge in [0.2, 0.25) is 5.91 Å². The highest BCUT2D eigenvalue weighted by Crippen LogP contribution is 2.22. The van der Waals surface area contributed by atoms with Crippen LogP contribution in [0.5, 0.6) is 0 Å². The molecule has 0 aromatic carbocycles. The van der Waals surface area contributed by atoms with E-state index >= 15 is 0 Å². The topological polar surface area (TPSA) is 38.1 Å². The van der Waals surface area contributed by atoms with Gasteiger partial charge in [0.15, 0.2) is 0 Å². The Hall–Kier alpha value is -1.32. The molecule has 0 N–H and O–H groups in total. The van der Waals surface area contributed by atoms with E-state index in [1.807, 2.05) is 30.6 Å². The molecule has 1 fully saturated rings. The Bertz CT molecular complexity index is 472. The molecule has 2 rings (SSSR count). The average molecular weight is 277 g/mol. The predicted octanol–water partition coefficient (Wildman–Crippen LogP) is 2.76. The smallest absolute Gasteiger partial charge is 0.222 e. The fourth-order valence-electron chi connectivity index (χ4n) is 3.26. The predicted molar refractivity (Wildman–Crippen MR) is 80.6 cm³/mol. The van der Waals surface area contributed by atoms with Crippen LogP contribution in [0.2, 0.25) is 0 Å². The van der Waals surface area contributed by atoms with Crippen LogP contribution in [0.1, 0.15) is 55.5 Å². The first kappa shape index (κ1) is 15.1. The van der Waals surface area contributed by atoms with Crippen LogP contribution in [0.25, 0.3) is 0 Å². The minimum absolute atomic E-state index is 0.277. The molecular formula is C16H27N3O. The van der Waals surface area contributed by atoms with Gasteiger partial charge >= 0.3 is 0 Å². The summed E-state index contributed by atoms with van der Waals surface area (Å²) in [5, 5.41) is 4.42. The molecule has 4 heteroatoms. The molecule has 0 aliphatic heterocycles. The Labute approximate surface area is 122 Å². The number of hydrogen-bond acceptors (Lipinski definition) is 2. The van der Waals surface area contributed by atoms with Gasteiger partial charge in [-0.2, -0.15) is 5.10 Å². The van der Waals surface area contributed by atoms with Gasteiger partial charge in [0.25, 0.3) is 0 Å². The summed E-state index contributed by atoms with van der Waals surface area (Å²) in [6.45, 7) is 4.10. The number of hydrogen-bond donors (Lipinski definition) is 0. The van der Waals surface area contributed by atoms with E-state index in [9.17, 15) is 4.79 Å². The summed E-state index contributed by atoms with van der Waals surface area (Å²) in [5.41, 5.74) is 3.46. The molecular weight excluding hydrogens is 250 g/mol. The Morgan fingerprint density at radius 3 is 2.50 bits per heavy atom. The SMILES string of the molecule is Cc1nn(C)c(C)c1CCC(=O)N(C)C1CCCCC1. The molecule has 1 aliphatic rings. The summed E-state index contributed by atoms with van der Waals surface area (Å²) in [7, 11) is 3.93. The van der Waals surface area contributed by atoms with Crippen molar-refractivity contribution in [3.8, 4) is 0 Å². The molecule has 1 aliphatic carbocycles. The molecule has 0 atom stereocenters. The van der Waals surface area contributed by atoms with E-state index in [2.05, 4.69) is 12.0 Å². The van der Waals surface area contributed by atoms with Crippen molar-refractivity contribution in [2.45, 2.75) is 64.8 Å². The summed E-state index contributed by atoms with van der Waals surface area (Å²) in [6, 6.07) is 0.465. The summed E-state index contributed by atoms with van der Waals surface area (Å²) < 4.78 is 1.90. The Balaban J connectivity index is 1.91. The number of nitrogens with zero attached hydrogens (tertiary/aromatic N) is 3. The first-order valence-electron chi connectivity index (χ1n) is 7.75. The maximum atomic E-state index is 12.3. The third-order valence-corrected chi connectivity index (χ3v) is 4.76. The van der Waals surface area contributed by atoms with E-state index in [0.29, 0.717) is 12.5 Å². The molecule has 112 valence electrons. The lowest BCUT2D eigenvalue weighted by molar-refractivity contribution is -0.132. The molecule has 1 aromatic rings. The van der Waals surface area contributed by atoms with Gasteiger partial charge in [-0.15, -0.1) is 0 Å². The summed E-state index contributed by atoms with van der Waals surface area (Å²) in [5.74, 6) is 0.277. The van der Waals surface area contributed by atoms with Crippen LogP contribution in [0.15, 0.2) is 0 Å². The van der Waals surface area contributed by atoms with Crippen LogP contribution in [0.4, 0.5) is 0 Å². The maximum absolute atomic E-state index is 12.3. The number of aryl methyl sites for hydroxylation is 2. The number of rotatable bonds is 4. The molecule has 1 aromatic heterocycles. The Morgan fingerprint density at radius 1 is 1.30 bits per heavy atom. The lowest BCUT2D eigenvalue weighted by Gasteiger charge is -2.31. The molecule has 1 heterocycles. The zero-order chi connectivity index (χ0) is 14.7. The highest BCUT2D eigenvalue weighted by atomic mass is 16.2. The molecule has 0 saturated heterocycles. The van der Waals surface area contributed by atoms with Crippen LogP contribution in [-0.2, 0) is 18.3 Å². The average Bonchev–Trinajstić information content (AvgIpc) is 2.70. The van der Waals surface area contributed by atoms with E-state index in [4.69, 9.17) is 0 Å². The van der Waals surface area contributed by atoms with Gasteiger partial charge in [-0.1, -0.05) is 19.3 Å². The molecule has 20 heavy (non-hydrogen) atoms. The van der Waals surface area contributed by atoms with Crippen LogP contribution in [0.3, 0.4) is 0 Å². The lowest BCUT2D eigenvalue weighted by atomic mass is 9.94. The Kier molecular flexibility index (Phi) is 4.84. The third-order valence-electron chi connectivity index (χ3n) is 4.76. The molecule has 0 bridgehead atoms. The van der Waals surface area contributed by atoms with E-state index < -0.39 is 0 Å². The fraction of sp³-hybridized carbons (Fsp3) is 0.750. The van der Waals surface area contributed by atoms with Crippen molar-refractivity contribution in [3.63, 3.8) is 0 Å². The van der Waals surface area contributed by atoms with Crippen LogP contribution in [-0.4, -0.2) is 33.7 Å². The van der Waals surface area contributed by atoms with E-state index in [1.54, 1.807) is 0 Å². The largest absolute Gasteiger partial charge is 0.343 e. The van der Waals surface area contributed by atoms with Crippen LogP contribution < -0.4 is 0 Å². The number of carbonyl (C=O) groups excluding carboxylic acids is 1. The monoisotopic (exact) mass is 277 g/mol. The molecule has 0 radical (unpaired) electrons. The van der Waals surface area contributed by atoms with E-state index in [-0.39, 0.29) is 5.91 Å².